The Balaban J connectivity index is 2.49. The fourth-order valence-electron chi connectivity index (χ4n) is 1.69. The lowest BCUT2D eigenvalue weighted by atomic mass is 10.2. The number of nitrogens with two attached hydrogens (primary N) is 1. The molecule has 90 valence electrons. The van der Waals surface area contributed by atoms with Gasteiger partial charge >= 0.3 is 0 Å². The molecule has 2 aromatic rings. The van der Waals surface area contributed by atoms with Crippen LogP contribution in [0.25, 0.3) is 11.4 Å². The molecule has 0 aromatic carbocycles. The van der Waals surface area contributed by atoms with Gasteiger partial charge in [-0.2, -0.15) is 5.10 Å². The molecule has 0 unspecified atom stereocenters. The van der Waals surface area contributed by atoms with Gasteiger partial charge in [0, 0.05) is 13.2 Å². The molecule has 0 atom stereocenters. The van der Waals surface area contributed by atoms with Crippen molar-refractivity contribution in [3.8, 4) is 11.4 Å². The number of aromatic nitrogens is 4. The Labute approximate surface area is 98.5 Å². The maximum Gasteiger partial charge on any atom is 0.256 e. The lowest BCUT2D eigenvalue weighted by molar-refractivity contribution is 0.768. The van der Waals surface area contributed by atoms with E-state index in [4.69, 9.17) is 5.73 Å². The summed E-state index contributed by atoms with van der Waals surface area (Å²) in [5.41, 5.74) is 6.93. The average molecular weight is 233 g/mol. The fraction of sp³-hybridized carbons (Fsp3) is 0.364. The van der Waals surface area contributed by atoms with Crippen molar-refractivity contribution in [3.05, 3.63) is 28.3 Å². The molecule has 0 aliphatic carbocycles. The zero-order chi connectivity index (χ0) is 12.4. The molecule has 0 aliphatic rings. The molecule has 2 heterocycles. The zero-order valence-corrected chi connectivity index (χ0v) is 9.90. The summed E-state index contributed by atoms with van der Waals surface area (Å²) < 4.78 is 1.64. The number of nitrogens with zero attached hydrogens (tertiary/aromatic N) is 3. The van der Waals surface area contributed by atoms with Crippen LogP contribution in [0.15, 0.2) is 17.2 Å². The predicted octanol–water partition coefficient (Wildman–Crippen LogP) is 0.705. The van der Waals surface area contributed by atoms with E-state index >= 15 is 0 Å². The molecule has 0 amide bonds. The van der Waals surface area contributed by atoms with Crippen molar-refractivity contribution in [1.82, 2.24) is 19.7 Å². The van der Waals surface area contributed by atoms with E-state index in [1.54, 1.807) is 24.1 Å². The highest BCUT2D eigenvalue weighted by atomic mass is 16.1. The van der Waals surface area contributed by atoms with Gasteiger partial charge in [-0.1, -0.05) is 13.3 Å². The molecular formula is C11H15N5O. The van der Waals surface area contributed by atoms with Gasteiger partial charge in [0.2, 0.25) is 0 Å². The monoisotopic (exact) mass is 233 g/mol. The first-order chi connectivity index (χ1) is 8.11. The van der Waals surface area contributed by atoms with Crippen molar-refractivity contribution in [2.24, 2.45) is 7.05 Å². The van der Waals surface area contributed by atoms with Gasteiger partial charge in [-0.05, 0) is 6.42 Å². The summed E-state index contributed by atoms with van der Waals surface area (Å²) in [6, 6.07) is 0. The van der Waals surface area contributed by atoms with Crippen molar-refractivity contribution in [2.75, 3.05) is 5.73 Å². The number of hydrogen-bond acceptors (Lipinski definition) is 4. The van der Waals surface area contributed by atoms with Crippen molar-refractivity contribution in [3.63, 3.8) is 0 Å². The quantitative estimate of drug-likeness (QED) is 0.816. The standard InChI is InChI=1S/C11H15N5O/c1-3-4-8-9(12)14-10(15-11(8)17)7-5-13-16(2)6-7/h5-6H,3-4H2,1-2H3,(H3,12,14,15,17). The van der Waals surface area contributed by atoms with E-state index in [2.05, 4.69) is 15.1 Å². The molecule has 17 heavy (non-hydrogen) atoms. The third kappa shape index (κ3) is 2.20. The summed E-state index contributed by atoms with van der Waals surface area (Å²) in [6.45, 7) is 1.99. The largest absolute Gasteiger partial charge is 0.383 e. The molecule has 6 heteroatoms. The van der Waals surface area contributed by atoms with Crippen LogP contribution in [0, 0.1) is 0 Å². The summed E-state index contributed by atoms with van der Waals surface area (Å²) in [7, 11) is 1.80. The molecule has 6 nitrogen and oxygen atoms in total. The predicted molar refractivity (Wildman–Crippen MR) is 65.5 cm³/mol. The van der Waals surface area contributed by atoms with E-state index in [0.29, 0.717) is 23.6 Å². The highest BCUT2D eigenvalue weighted by molar-refractivity contribution is 5.55. The van der Waals surface area contributed by atoms with Gasteiger partial charge in [0.1, 0.15) is 11.6 Å². The van der Waals surface area contributed by atoms with E-state index in [0.717, 1.165) is 12.0 Å². The maximum absolute atomic E-state index is 11.8. The second-order valence-corrected chi connectivity index (χ2v) is 3.93. The van der Waals surface area contributed by atoms with Gasteiger partial charge < -0.3 is 10.7 Å². The van der Waals surface area contributed by atoms with Crippen LogP contribution in [0.4, 0.5) is 5.82 Å². The third-order valence-electron chi connectivity index (χ3n) is 2.53. The fourth-order valence-corrected chi connectivity index (χ4v) is 1.69. The van der Waals surface area contributed by atoms with Gasteiger partial charge in [0.15, 0.2) is 0 Å². The number of nitrogens with one attached hydrogen (secondary N) is 1. The van der Waals surface area contributed by atoms with E-state index in [1.807, 2.05) is 6.92 Å². The lowest BCUT2D eigenvalue weighted by Crippen LogP contribution is -2.18. The van der Waals surface area contributed by atoms with Gasteiger partial charge in [0.25, 0.3) is 5.56 Å². The molecule has 0 saturated heterocycles. The number of anilines is 1. The normalized spacial score (nSPS) is 10.7. The van der Waals surface area contributed by atoms with Gasteiger partial charge in [-0.15, -0.1) is 0 Å². The van der Waals surface area contributed by atoms with E-state index < -0.39 is 0 Å². The van der Waals surface area contributed by atoms with Crippen molar-refractivity contribution in [1.29, 1.82) is 0 Å². The Morgan fingerprint density at radius 3 is 2.82 bits per heavy atom. The molecule has 0 radical (unpaired) electrons. The number of aryl methyl sites for hydroxylation is 1. The van der Waals surface area contributed by atoms with Crippen LogP contribution in [0.2, 0.25) is 0 Å². The van der Waals surface area contributed by atoms with Gasteiger partial charge in [-0.3, -0.25) is 9.48 Å². The van der Waals surface area contributed by atoms with Gasteiger partial charge in [0.05, 0.1) is 17.3 Å². The topological polar surface area (TPSA) is 89.6 Å². The van der Waals surface area contributed by atoms with Crippen LogP contribution in [0.5, 0.6) is 0 Å². The Morgan fingerprint density at radius 1 is 1.53 bits per heavy atom. The first-order valence-electron chi connectivity index (χ1n) is 5.49. The summed E-state index contributed by atoms with van der Waals surface area (Å²) in [5, 5.41) is 4.02. The highest BCUT2D eigenvalue weighted by Gasteiger charge is 2.10. The minimum Gasteiger partial charge on any atom is -0.383 e. The van der Waals surface area contributed by atoms with Crippen molar-refractivity contribution in [2.45, 2.75) is 19.8 Å². The Hall–Kier alpha value is -2.11. The molecule has 3 N–H and O–H groups in total. The second kappa shape index (κ2) is 4.40. The van der Waals surface area contributed by atoms with Crippen LogP contribution in [0.3, 0.4) is 0 Å². The smallest absolute Gasteiger partial charge is 0.256 e. The van der Waals surface area contributed by atoms with Crippen LogP contribution >= 0.6 is 0 Å². The van der Waals surface area contributed by atoms with Crippen LogP contribution in [-0.4, -0.2) is 19.7 Å². The number of H-pyrrole nitrogens is 1. The third-order valence-corrected chi connectivity index (χ3v) is 2.53. The zero-order valence-electron chi connectivity index (χ0n) is 9.90. The molecule has 0 aliphatic heterocycles. The van der Waals surface area contributed by atoms with Crippen LogP contribution in [-0.2, 0) is 13.5 Å². The van der Waals surface area contributed by atoms with E-state index in [-0.39, 0.29) is 5.56 Å². The Bertz CT molecular complexity index is 584. The Kier molecular flexibility index (Phi) is 2.95. The summed E-state index contributed by atoms with van der Waals surface area (Å²) in [5.74, 6) is 0.759. The molecule has 0 saturated carbocycles. The first-order valence-corrected chi connectivity index (χ1v) is 5.49. The molecule has 2 rings (SSSR count). The summed E-state index contributed by atoms with van der Waals surface area (Å²) in [6.07, 6.45) is 4.91. The van der Waals surface area contributed by atoms with Crippen molar-refractivity contribution >= 4 is 5.82 Å². The maximum atomic E-state index is 11.8. The van der Waals surface area contributed by atoms with Crippen LogP contribution < -0.4 is 11.3 Å². The lowest BCUT2D eigenvalue weighted by Gasteiger charge is -2.04. The minimum absolute atomic E-state index is 0.168. The first kappa shape index (κ1) is 11.4. The Morgan fingerprint density at radius 2 is 2.29 bits per heavy atom. The molecule has 0 bridgehead atoms. The van der Waals surface area contributed by atoms with Crippen molar-refractivity contribution < 1.29 is 0 Å². The average Bonchev–Trinajstić information content (AvgIpc) is 2.70. The van der Waals surface area contributed by atoms with Crippen LogP contribution in [0.1, 0.15) is 18.9 Å². The number of aromatic amines is 1. The highest BCUT2D eigenvalue weighted by Crippen LogP contribution is 2.14. The summed E-state index contributed by atoms with van der Waals surface area (Å²) in [4.78, 5) is 18.8. The molecule has 0 fully saturated rings. The number of hydrogen-bond donors (Lipinski definition) is 2. The van der Waals surface area contributed by atoms with Gasteiger partial charge in [-0.25, -0.2) is 4.98 Å². The molecular weight excluding hydrogens is 218 g/mol. The molecule has 2 aromatic heterocycles. The number of nitrogen functional groups attached to an aromatic ring is 1. The summed E-state index contributed by atoms with van der Waals surface area (Å²) >= 11 is 0. The SMILES string of the molecule is CCCc1c(N)nc(-c2cnn(C)c2)[nH]c1=O. The minimum atomic E-state index is -0.168. The van der Waals surface area contributed by atoms with E-state index in [9.17, 15) is 4.79 Å². The second-order valence-electron chi connectivity index (χ2n) is 3.93. The number of rotatable bonds is 3. The molecule has 0 spiro atoms. The van der Waals surface area contributed by atoms with E-state index in [1.165, 1.54) is 0 Å².